The Morgan fingerprint density at radius 2 is 2.20 bits per heavy atom. The predicted octanol–water partition coefficient (Wildman–Crippen LogP) is 2.17. The molecule has 5 heteroatoms. The molecule has 4 nitrogen and oxygen atoms in total. The minimum Gasteiger partial charge on any atom is -0.374 e. The second-order valence-corrected chi connectivity index (χ2v) is 4.11. The van der Waals surface area contributed by atoms with Crippen molar-refractivity contribution in [3.63, 3.8) is 0 Å². The van der Waals surface area contributed by atoms with Gasteiger partial charge >= 0.3 is 0 Å². The minimum absolute atomic E-state index is 0.475. The number of nitrogens with zero attached hydrogens (tertiary/aromatic N) is 2. The van der Waals surface area contributed by atoms with Crippen LogP contribution in [0.5, 0.6) is 0 Å². The van der Waals surface area contributed by atoms with Crippen molar-refractivity contribution < 1.29 is 4.74 Å². The molecule has 1 rings (SSSR count). The molecule has 0 saturated carbocycles. The maximum Gasteiger partial charge on any atom is 0.157 e. The highest BCUT2D eigenvalue weighted by Crippen LogP contribution is 2.18. The van der Waals surface area contributed by atoms with Crippen LogP contribution in [0.25, 0.3) is 0 Å². The molecule has 1 aromatic rings. The lowest BCUT2D eigenvalue weighted by Gasteiger charge is -2.06. The van der Waals surface area contributed by atoms with E-state index in [1.807, 2.05) is 20.0 Å². The number of thioether (sulfide) groups is 1. The molecule has 0 atom stereocenters. The van der Waals surface area contributed by atoms with E-state index >= 15 is 0 Å². The van der Waals surface area contributed by atoms with Crippen molar-refractivity contribution in [1.82, 2.24) is 9.97 Å². The van der Waals surface area contributed by atoms with E-state index in [0.717, 1.165) is 22.4 Å². The van der Waals surface area contributed by atoms with Gasteiger partial charge in [-0.1, -0.05) is 6.92 Å². The molecule has 0 aliphatic rings. The molecule has 0 bridgehead atoms. The highest BCUT2D eigenvalue weighted by molar-refractivity contribution is 7.99. The highest BCUT2D eigenvalue weighted by Gasteiger charge is 2.03. The number of hydrogen-bond donors (Lipinski definition) is 1. The summed E-state index contributed by atoms with van der Waals surface area (Å²) < 4.78 is 5.29. The van der Waals surface area contributed by atoms with Crippen LogP contribution in [0.1, 0.15) is 19.7 Å². The largest absolute Gasteiger partial charge is 0.374 e. The van der Waals surface area contributed by atoms with Gasteiger partial charge < -0.3 is 10.1 Å². The van der Waals surface area contributed by atoms with Crippen molar-refractivity contribution in [2.45, 2.75) is 25.5 Å². The van der Waals surface area contributed by atoms with E-state index in [1.54, 1.807) is 11.8 Å². The SMILES string of the molecule is CCOCc1nc(NC)cc(SCC)n1. The molecule has 84 valence electrons. The number of ether oxygens (including phenoxy) is 1. The second-order valence-electron chi connectivity index (χ2n) is 2.83. The first-order valence-corrected chi connectivity index (χ1v) is 6.05. The quantitative estimate of drug-likeness (QED) is 0.596. The molecule has 1 heterocycles. The maximum absolute atomic E-state index is 5.29. The van der Waals surface area contributed by atoms with Crippen molar-refractivity contribution >= 4 is 17.6 Å². The Balaban J connectivity index is 2.79. The molecule has 0 saturated heterocycles. The van der Waals surface area contributed by atoms with Gasteiger partial charge in [0.1, 0.15) is 17.5 Å². The van der Waals surface area contributed by atoms with Crippen molar-refractivity contribution in [3.05, 3.63) is 11.9 Å². The molecule has 0 spiro atoms. The molecule has 1 N–H and O–H groups in total. The first-order chi connectivity index (χ1) is 7.30. The van der Waals surface area contributed by atoms with Crippen molar-refractivity contribution in [2.75, 3.05) is 24.7 Å². The molecular formula is C10H17N3OS. The zero-order chi connectivity index (χ0) is 11.1. The Labute approximate surface area is 94.8 Å². The van der Waals surface area contributed by atoms with Crippen molar-refractivity contribution in [2.24, 2.45) is 0 Å². The number of hydrogen-bond acceptors (Lipinski definition) is 5. The Morgan fingerprint density at radius 1 is 1.40 bits per heavy atom. The first-order valence-electron chi connectivity index (χ1n) is 5.06. The number of rotatable bonds is 6. The molecule has 15 heavy (non-hydrogen) atoms. The monoisotopic (exact) mass is 227 g/mol. The van der Waals surface area contributed by atoms with Crippen LogP contribution in [0.15, 0.2) is 11.1 Å². The van der Waals surface area contributed by atoms with Crippen LogP contribution in [0.3, 0.4) is 0 Å². The third kappa shape index (κ3) is 4.05. The van der Waals surface area contributed by atoms with Gasteiger partial charge in [0.15, 0.2) is 5.82 Å². The fraction of sp³-hybridized carbons (Fsp3) is 0.600. The van der Waals surface area contributed by atoms with Gasteiger partial charge in [-0.2, -0.15) is 0 Å². The van der Waals surface area contributed by atoms with Gasteiger partial charge in [0.2, 0.25) is 0 Å². The topological polar surface area (TPSA) is 47.0 Å². The van der Waals surface area contributed by atoms with E-state index in [1.165, 1.54) is 0 Å². The lowest BCUT2D eigenvalue weighted by atomic mass is 10.5. The molecule has 0 unspecified atom stereocenters. The summed E-state index contributed by atoms with van der Waals surface area (Å²) in [6, 6.07) is 1.95. The summed E-state index contributed by atoms with van der Waals surface area (Å²) in [5, 5.41) is 4.01. The second kappa shape index (κ2) is 6.63. The van der Waals surface area contributed by atoms with Crippen LogP contribution >= 0.6 is 11.8 Å². The molecule has 0 radical (unpaired) electrons. The number of aromatic nitrogens is 2. The van der Waals surface area contributed by atoms with Crippen LogP contribution in [-0.2, 0) is 11.3 Å². The fourth-order valence-electron chi connectivity index (χ4n) is 1.08. The molecule has 0 amide bonds. The van der Waals surface area contributed by atoms with Crippen molar-refractivity contribution in [3.8, 4) is 0 Å². The average Bonchev–Trinajstić information content (AvgIpc) is 2.26. The van der Waals surface area contributed by atoms with Crippen LogP contribution in [0.4, 0.5) is 5.82 Å². The van der Waals surface area contributed by atoms with E-state index in [9.17, 15) is 0 Å². The lowest BCUT2D eigenvalue weighted by molar-refractivity contribution is 0.128. The summed E-state index contributed by atoms with van der Waals surface area (Å²) in [6.45, 7) is 5.23. The Morgan fingerprint density at radius 3 is 2.80 bits per heavy atom. The summed E-state index contributed by atoms with van der Waals surface area (Å²) >= 11 is 1.71. The van der Waals surface area contributed by atoms with Crippen LogP contribution in [0.2, 0.25) is 0 Å². The van der Waals surface area contributed by atoms with Gasteiger partial charge in [0, 0.05) is 19.7 Å². The van der Waals surface area contributed by atoms with Gasteiger partial charge in [-0.05, 0) is 12.7 Å². The van der Waals surface area contributed by atoms with Crippen molar-refractivity contribution in [1.29, 1.82) is 0 Å². The standard InChI is InChI=1S/C10H17N3OS/c1-4-14-7-9-12-8(11-3)6-10(13-9)15-5-2/h6H,4-5,7H2,1-3H3,(H,11,12,13). The normalized spacial score (nSPS) is 10.3. The number of nitrogens with one attached hydrogen (secondary N) is 1. The summed E-state index contributed by atoms with van der Waals surface area (Å²) in [4.78, 5) is 8.71. The summed E-state index contributed by atoms with van der Waals surface area (Å²) in [5.41, 5.74) is 0. The minimum atomic E-state index is 0.475. The smallest absolute Gasteiger partial charge is 0.157 e. The van der Waals surface area contributed by atoms with Gasteiger partial charge in [0.05, 0.1) is 0 Å². The zero-order valence-electron chi connectivity index (χ0n) is 9.41. The Hall–Kier alpha value is -0.810. The van der Waals surface area contributed by atoms with Gasteiger partial charge in [-0.3, -0.25) is 0 Å². The molecule has 0 aromatic carbocycles. The third-order valence-corrected chi connectivity index (χ3v) is 2.53. The van der Waals surface area contributed by atoms with Crippen LogP contribution in [-0.4, -0.2) is 29.4 Å². The molecular weight excluding hydrogens is 210 g/mol. The van der Waals surface area contributed by atoms with E-state index in [0.29, 0.717) is 13.2 Å². The van der Waals surface area contributed by atoms with E-state index in [-0.39, 0.29) is 0 Å². The third-order valence-electron chi connectivity index (χ3n) is 1.73. The van der Waals surface area contributed by atoms with Crippen LogP contribution < -0.4 is 5.32 Å². The summed E-state index contributed by atoms with van der Waals surface area (Å²) in [7, 11) is 1.85. The molecule has 1 aromatic heterocycles. The lowest BCUT2D eigenvalue weighted by Crippen LogP contribution is -2.03. The zero-order valence-corrected chi connectivity index (χ0v) is 10.2. The van der Waals surface area contributed by atoms with Gasteiger partial charge in [-0.15, -0.1) is 11.8 Å². The summed E-state index contributed by atoms with van der Waals surface area (Å²) in [6.07, 6.45) is 0. The highest BCUT2D eigenvalue weighted by atomic mass is 32.2. The molecule has 0 aliphatic heterocycles. The van der Waals surface area contributed by atoms with E-state index in [2.05, 4.69) is 22.2 Å². The Bertz CT molecular complexity index is 307. The fourth-order valence-corrected chi connectivity index (χ4v) is 1.74. The number of anilines is 1. The first kappa shape index (κ1) is 12.3. The molecule has 0 fully saturated rings. The maximum atomic E-state index is 5.29. The van der Waals surface area contributed by atoms with Gasteiger partial charge in [-0.25, -0.2) is 9.97 Å². The van der Waals surface area contributed by atoms with E-state index < -0.39 is 0 Å². The molecule has 0 aliphatic carbocycles. The van der Waals surface area contributed by atoms with E-state index in [4.69, 9.17) is 4.74 Å². The summed E-state index contributed by atoms with van der Waals surface area (Å²) in [5.74, 6) is 2.59. The average molecular weight is 227 g/mol. The van der Waals surface area contributed by atoms with Gasteiger partial charge in [0.25, 0.3) is 0 Å². The van der Waals surface area contributed by atoms with Crippen LogP contribution in [0, 0.1) is 0 Å². The Kier molecular flexibility index (Phi) is 5.42. The predicted molar refractivity (Wildman–Crippen MR) is 63.3 cm³/mol.